The standard InChI is InChI=1S/C17H19N5O3S/c1-26-17-19-16(24)12(7-11-5-3-2-4-6-11)9-22(17)15-8-13(20-21-18)14(10-23)25-15/h2-6,9,13-15,23H,7-8,10H2,1H3/t13-,14+,15+/m0/s1. The maximum Gasteiger partial charge on any atom is 0.277 e. The first-order valence-electron chi connectivity index (χ1n) is 8.16. The van der Waals surface area contributed by atoms with E-state index in [1.54, 1.807) is 10.8 Å². The summed E-state index contributed by atoms with van der Waals surface area (Å²) in [6.45, 7) is -0.237. The second kappa shape index (κ2) is 8.37. The molecule has 0 aliphatic carbocycles. The molecule has 8 nitrogen and oxygen atoms in total. The van der Waals surface area contributed by atoms with Crippen LogP contribution in [0.3, 0.4) is 0 Å². The van der Waals surface area contributed by atoms with E-state index in [-0.39, 0.29) is 12.2 Å². The lowest BCUT2D eigenvalue weighted by molar-refractivity contribution is -0.0297. The molecule has 1 N–H and O–H groups in total. The van der Waals surface area contributed by atoms with Gasteiger partial charge in [-0.3, -0.25) is 4.79 Å². The van der Waals surface area contributed by atoms with Gasteiger partial charge in [0.15, 0.2) is 5.16 Å². The van der Waals surface area contributed by atoms with Crippen molar-refractivity contribution in [3.05, 3.63) is 68.5 Å². The number of aromatic nitrogens is 2. The van der Waals surface area contributed by atoms with E-state index >= 15 is 0 Å². The zero-order valence-electron chi connectivity index (χ0n) is 14.2. The topological polar surface area (TPSA) is 113 Å². The normalized spacial score (nSPS) is 22.2. The maximum absolute atomic E-state index is 12.4. The number of hydrogen-bond acceptors (Lipinski definition) is 6. The van der Waals surface area contributed by atoms with Crippen LogP contribution in [0.15, 0.2) is 51.6 Å². The molecule has 1 aromatic heterocycles. The lowest BCUT2D eigenvalue weighted by Crippen LogP contribution is -2.24. The first kappa shape index (κ1) is 18.5. The van der Waals surface area contributed by atoms with Gasteiger partial charge in [0.05, 0.1) is 18.8 Å². The van der Waals surface area contributed by atoms with Crippen molar-refractivity contribution in [1.82, 2.24) is 9.55 Å². The Morgan fingerprint density at radius 3 is 2.88 bits per heavy atom. The number of aliphatic hydroxyl groups excluding tert-OH is 1. The zero-order valence-corrected chi connectivity index (χ0v) is 15.0. The van der Waals surface area contributed by atoms with Gasteiger partial charge in [0.2, 0.25) is 0 Å². The first-order chi connectivity index (χ1) is 12.7. The van der Waals surface area contributed by atoms with Crippen LogP contribution in [0.2, 0.25) is 0 Å². The highest BCUT2D eigenvalue weighted by Gasteiger charge is 2.36. The largest absolute Gasteiger partial charge is 0.394 e. The molecular formula is C17H19N5O3S. The third-order valence-corrected chi connectivity index (χ3v) is 4.97. The van der Waals surface area contributed by atoms with Crippen LogP contribution in [0.4, 0.5) is 0 Å². The highest BCUT2D eigenvalue weighted by atomic mass is 32.2. The Morgan fingerprint density at radius 1 is 1.46 bits per heavy atom. The molecule has 0 amide bonds. The van der Waals surface area contributed by atoms with Crippen molar-refractivity contribution in [3.8, 4) is 0 Å². The summed E-state index contributed by atoms with van der Waals surface area (Å²) >= 11 is 1.34. The minimum Gasteiger partial charge on any atom is -0.394 e. The first-order valence-corrected chi connectivity index (χ1v) is 9.39. The van der Waals surface area contributed by atoms with E-state index in [9.17, 15) is 9.90 Å². The molecule has 1 fully saturated rings. The molecule has 2 heterocycles. The number of hydrogen-bond donors (Lipinski definition) is 1. The molecule has 0 spiro atoms. The molecule has 0 radical (unpaired) electrons. The Kier molecular flexibility index (Phi) is 5.95. The van der Waals surface area contributed by atoms with Crippen molar-refractivity contribution in [2.75, 3.05) is 12.9 Å². The van der Waals surface area contributed by atoms with Crippen molar-refractivity contribution in [2.45, 2.75) is 36.4 Å². The average Bonchev–Trinajstić information content (AvgIpc) is 3.07. The minimum absolute atomic E-state index is 0.237. The van der Waals surface area contributed by atoms with Crippen LogP contribution in [0.25, 0.3) is 10.4 Å². The van der Waals surface area contributed by atoms with Gasteiger partial charge in [-0.15, -0.1) is 0 Å². The van der Waals surface area contributed by atoms with Crippen molar-refractivity contribution in [1.29, 1.82) is 0 Å². The summed E-state index contributed by atoms with van der Waals surface area (Å²) in [6, 6.07) is 9.23. The van der Waals surface area contributed by atoms with Crippen molar-refractivity contribution in [2.24, 2.45) is 5.11 Å². The number of azide groups is 1. The summed E-state index contributed by atoms with van der Waals surface area (Å²) in [5, 5.41) is 13.7. The van der Waals surface area contributed by atoms with E-state index in [1.807, 2.05) is 36.6 Å². The quantitative estimate of drug-likeness (QED) is 0.275. The number of thioether (sulfide) groups is 1. The Bertz CT molecular complexity index is 866. The lowest BCUT2D eigenvalue weighted by atomic mass is 10.1. The van der Waals surface area contributed by atoms with E-state index in [0.717, 1.165) is 5.56 Å². The van der Waals surface area contributed by atoms with Gasteiger partial charge in [-0.2, -0.15) is 4.98 Å². The maximum atomic E-state index is 12.4. The molecule has 26 heavy (non-hydrogen) atoms. The van der Waals surface area contributed by atoms with Gasteiger partial charge in [0.1, 0.15) is 6.23 Å². The summed E-state index contributed by atoms with van der Waals surface area (Å²) < 4.78 is 7.63. The van der Waals surface area contributed by atoms with Crippen LogP contribution >= 0.6 is 11.8 Å². The fourth-order valence-corrected chi connectivity index (χ4v) is 3.58. The Balaban J connectivity index is 1.94. The summed E-state index contributed by atoms with van der Waals surface area (Å²) in [6.07, 6.45) is 3.45. The van der Waals surface area contributed by atoms with Gasteiger partial charge in [0, 0.05) is 29.5 Å². The third kappa shape index (κ3) is 3.91. The number of rotatable bonds is 6. The van der Waals surface area contributed by atoms with Crippen molar-refractivity contribution in [3.63, 3.8) is 0 Å². The van der Waals surface area contributed by atoms with E-state index in [2.05, 4.69) is 15.0 Å². The number of aliphatic hydroxyl groups is 1. The predicted molar refractivity (Wildman–Crippen MR) is 98.1 cm³/mol. The Morgan fingerprint density at radius 2 is 2.23 bits per heavy atom. The number of benzene rings is 1. The van der Waals surface area contributed by atoms with Gasteiger partial charge in [0.25, 0.3) is 5.56 Å². The van der Waals surface area contributed by atoms with Gasteiger partial charge >= 0.3 is 0 Å². The number of ether oxygens (including phenoxy) is 1. The fraction of sp³-hybridized carbons (Fsp3) is 0.412. The highest BCUT2D eigenvalue weighted by molar-refractivity contribution is 7.98. The van der Waals surface area contributed by atoms with E-state index in [0.29, 0.717) is 23.6 Å². The lowest BCUT2D eigenvalue weighted by Gasteiger charge is -2.19. The van der Waals surface area contributed by atoms with Gasteiger partial charge in [-0.25, -0.2) is 0 Å². The van der Waals surface area contributed by atoms with Gasteiger partial charge < -0.3 is 14.4 Å². The van der Waals surface area contributed by atoms with Crippen LogP contribution in [-0.4, -0.2) is 39.7 Å². The summed E-state index contributed by atoms with van der Waals surface area (Å²) in [4.78, 5) is 19.4. The smallest absolute Gasteiger partial charge is 0.277 e. The molecule has 0 bridgehead atoms. The molecule has 2 aromatic rings. The van der Waals surface area contributed by atoms with Gasteiger partial charge in [-0.05, 0) is 17.4 Å². The molecule has 1 aromatic carbocycles. The molecule has 1 aliphatic rings. The number of nitrogens with zero attached hydrogens (tertiary/aromatic N) is 5. The second-order valence-electron chi connectivity index (χ2n) is 5.95. The average molecular weight is 373 g/mol. The van der Waals surface area contributed by atoms with Crippen molar-refractivity contribution < 1.29 is 9.84 Å². The SMILES string of the molecule is CSc1nc(=O)c(Cc2ccccc2)cn1[C@H]1C[C@H](N=[N+]=[N-])[C@@H](CO)O1. The molecule has 0 saturated carbocycles. The molecule has 3 rings (SSSR count). The molecule has 136 valence electrons. The monoisotopic (exact) mass is 373 g/mol. The van der Waals surface area contributed by atoms with E-state index in [1.165, 1.54) is 11.8 Å². The van der Waals surface area contributed by atoms with E-state index < -0.39 is 18.4 Å². The Hall–Kier alpha value is -2.32. The molecule has 9 heteroatoms. The summed E-state index contributed by atoms with van der Waals surface area (Å²) in [7, 11) is 0. The van der Waals surface area contributed by atoms with Crippen LogP contribution in [0.5, 0.6) is 0 Å². The minimum atomic E-state index is -0.567. The van der Waals surface area contributed by atoms with Crippen LogP contribution in [0, 0.1) is 0 Å². The Labute approximate surface area is 154 Å². The third-order valence-electron chi connectivity index (χ3n) is 4.30. The molecule has 3 atom stereocenters. The van der Waals surface area contributed by atoms with Gasteiger partial charge in [-0.1, -0.05) is 47.2 Å². The van der Waals surface area contributed by atoms with Crippen LogP contribution in [0.1, 0.15) is 23.8 Å². The van der Waals surface area contributed by atoms with Crippen LogP contribution < -0.4 is 5.56 Å². The molecule has 1 aliphatic heterocycles. The fourth-order valence-electron chi connectivity index (χ4n) is 3.03. The molecule has 1 saturated heterocycles. The molecule has 0 unspecified atom stereocenters. The predicted octanol–water partition coefficient (Wildman–Crippen LogP) is 2.51. The van der Waals surface area contributed by atoms with Crippen LogP contribution in [-0.2, 0) is 11.2 Å². The summed E-state index contributed by atoms with van der Waals surface area (Å²) in [5.74, 6) is 0. The summed E-state index contributed by atoms with van der Waals surface area (Å²) in [5.41, 5.74) is 10.0. The zero-order chi connectivity index (χ0) is 18.5. The van der Waals surface area contributed by atoms with E-state index in [4.69, 9.17) is 10.3 Å². The molecular weight excluding hydrogens is 354 g/mol. The van der Waals surface area contributed by atoms with Crippen molar-refractivity contribution >= 4 is 11.8 Å². The highest BCUT2D eigenvalue weighted by Crippen LogP contribution is 2.33. The second-order valence-corrected chi connectivity index (χ2v) is 6.72.